The first-order valence-electron chi connectivity index (χ1n) is 5.44. The van der Waals surface area contributed by atoms with Gasteiger partial charge < -0.3 is 4.74 Å². The van der Waals surface area contributed by atoms with Crippen LogP contribution in [0, 0.1) is 6.92 Å². The molecule has 4 heteroatoms. The average Bonchev–Trinajstić information content (AvgIpc) is 2.17. The SMILES string of the molecule is Cc1cncc(C(COC(C)(C)C)NN)c1. The summed E-state index contributed by atoms with van der Waals surface area (Å²) in [5.74, 6) is 5.53. The van der Waals surface area contributed by atoms with Gasteiger partial charge >= 0.3 is 0 Å². The van der Waals surface area contributed by atoms with Crippen molar-refractivity contribution in [3.05, 3.63) is 29.6 Å². The van der Waals surface area contributed by atoms with Crippen LogP contribution in [0.3, 0.4) is 0 Å². The first kappa shape index (κ1) is 13.1. The second-order valence-electron chi connectivity index (χ2n) is 4.94. The third-order valence-electron chi connectivity index (χ3n) is 2.18. The Hall–Kier alpha value is -0.970. The first-order chi connectivity index (χ1) is 7.42. The molecule has 16 heavy (non-hydrogen) atoms. The lowest BCUT2D eigenvalue weighted by molar-refractivity contribution is -0.0148. The summed E-state index contributed by atoms with van der Waals surface area (Å²) in [7, 11) is 0. The van der Waals surface area contributed by atoms with Crippen LogP contribution >= 0.6 is 0 Å². The molecule has 1 rings (SSSR count). The van der Waals surface area contributed by atoms with E-state index in [1.165, 1.54) is 0 Å². The van der Waals surface area contributed by atoms with Crippen LogP contribution < -0.4 is 11.3 Å². The van der Waals surface area contributed by atoms with Crippen LogP contribution in [0.1, 0.15) is 37.9 Å². The first-order valence-corrected chi connectivity index (χ1v) is 5.44. The van der Waals surface area contributed by atoms with Crippen LogP contribution in [-0.4, -0.2) is 17.2 Å². The fourth-order valence-corrected chi connectivity index (χ4v) is 1.34. The Bertz CT molecular complexity index is 333. The Labute approximate surface area is 97.2 Å². The summed E-state index contributed by atoms with van der Waals surface area (Å²) in [5, 5.41) is 0. The maximum Gasteiger partial charge on any atom is 0.0709 e. The van der Waals surface area contributed by atoms with Crippen molar-refractivity contribution in [3.63, 3.8) is 0 Å². The number of nitrogens with two attached hydrogens (primary N) is 1. The van der Waals surface area contributed by atoms with E-state index in [2.05, 4.69) is 16.5 Å². The fraction of sp³-hybridized carbons (Fsp3) is 0.583. The van der Waals surface area contributed by atoms with Crippen molar-refractivity contribution in [2.75, 3.05) is 6.61 Å². The molecule has 0 bridgehead atoms. The second kappa shape index (κ2) is 5.39. The summed E-state index contributed by atoms with van der Waals surface area (Å²) in [6.45, 7) is 8.61. The van der Waals surface area contributed by atoms with Gasteiger partial charge in [-0.3, -0.25) is 16.3 Å². The lowest BCUT2D eigenvalue weighted by Gasteiger charge is -2.24. The molecule has 0 saturated carbocycles. The summed E-state index contributed by atoms with van der Waals surface area (Å²) >= 11 is 0. The van der Waals surface area contributed by atoms with E-state index in [1.54, 1.807) is 0 Å². The molecule has 1 atom stereocenters. The standard InChI is InChI=1S/C12H21N3O/c1-9-5-10(7-14-6-9)11(15-13)8-16-12(2,3)4/h5-7,11,15H,8,13H2,1-4H3. The Balaban J connectivity index is 2.68. The maximum atomic E-state index is 5.71. The number of nitrogens with one attached hydrogen (secondary N) is 1. The van der Waals surface area contributed by atoms with Crippen LogP contribution in [0.15, 0.2) is 18.5 Å². The Morgan fingerprint density at radius 3 is 2.62 bits per heavy atom. The van der Waals surface area contributed by atoms with Gasteiger partial charge in [0.1, 0.15) is 0 Å². The minimum absolute atomic E-state index is 0.0216. The molecule has 1 unspecified atom stereocenters. The van der Waals surface area contributed by atoms with E-state index >= 15 is 0 Å². The number of aromatic nitrogens is 1. The smallest absolute Gasteiger partial charge is 0.0709 e. The van der Waals surface area contributed by atoms with Gasteiger partial charge in [-0.2, -0.15) is 0 Å². The number of aryl methyl sites for hydroxylation is 1. The van der Waals surface area contributed by atoms with E-state index in [4.69, 9.17) is 10.6 Å². The van der Waals surface area contributed by atoms with E-state index in [1.807, 2.05) is 40.1 Å². The zero-order valence-corrected chi connectivity index (χ0v) is 10.4. The number of ether oxygens (including phenoxy) is 1. The van der Waals surface area contributed by atoms with Gasteiger partial charge in [0.05, 0.1) is 18.2 Å². The lowest BCUT2D eigenvalue weighted by atomic mass is 10.1. The third-order valence-corrected chi connectivity index (χ3v) is 2.18. The highest BCUT2D eigenvalue weighted by molar-refractivity contribution is 5.20. The van der Waals surface area contributed by atoms with E-state index in [0.717, 1.165) is 11.1 Å². The monoisotopic (exact) mass is 223 g/mol. The van der Waals surface area contributed by atoms with Crippen LogP contribution in [0.5, 0.6) is 0 Å². The van der Waals surface area contributed by atoms with Crippen LogP contribution in [0.2, 0.25) is 0 Å². The minimum atomic E-state index is -0.160. The molecule has 4 nitrogen and oxygen atoms in total. The number of nitrogens with zero attached hydrogens (tertiary/aromatic N) is 1. The molecule has 1 aromatic heterocycles. The van der Waals surface area contributed by atoms with Crippen molar-refractivity contribution >= 4 is 0 Å². The van der Waals surface area contributed by atoms with Crippen molar-refractivity contribution in [2.24, 2.45) is 5.84 Å². The minimum Gasteiger partial charge on any atom is -0.374 e. The van der Waals surface area contributed by atoms with E-state index in [9.17, 15) is 0 Å². The van der Waals surface area contributed by atoms with Gasteiger partial charge in [0, 0.05) is 12.4 Å². The molecule has 90 valence electrons. The zero-order chi connectivity index (χ0) is 12.2. The number of hydrogen-bond acceptors (Lipinski definition) is 4. The summed E-state index contributed by atoms with van der Waals surface area (Å²) in [6.07, 6.45) is 3.63. The lowest BCUT2D eigenvalue weighted by Crippen LogP contribution is -2.34. The Kier molecular flexibility index (Phi) is 4.41. The second-order valence-corrected chi connectivity index (χ2v) is 4.94. The number of hydrogen-bond donors (Lipinski definition) is 2. The maximum absolute atomic E-state index is 5.71. The molecule has 3 N–H and O–H groups in total. The van der Waals surface area contributed by atoms with Gasteiger partial charge in [-0.1, -0.05) is 6.07 Å². The van der Waals surface area contributed by atoms with Gasteiger partial charge in [-0.25, -0.2) is 0 Å². The predicted octanol–water partition coefficient (Wildman–Crippen LogP) is 1.71. The van der Waals surface area contributed by atoms with Crippen LogP contribution in [0.25, 0.3) is 0 Å². The average molecular weight is 223 g/mol. The number of pyridine rings is 1. The molecule has 0 aliphatic rings. The van der Waals surface area contributed by atoms with Gasteiger partial charge in [0.15, 0.2) is 0 Å². The van der Waals surface area contributed by atoms with E-state index in [-0.39, 0.29) is 11.6 Å². The van der Waals surface area contributed by atoms with Gasteiger partial charge in [0.25, 0.3) is 0 Å². The van der Waals surface area contributed by atoms with E-state index in [0.29, 0.717) is 6.61 Å². The van der Waals surface area contributed by atoms with Crippen molar-refractivity contribution in [2.45, 2.75) is 39.3 Å². The van der Waals surface area contributed by atoms with Crippen LogP contribution in [0.4, 0.5) is 0 Å². The summed E-state index contributed by atoms with van der Waals surface area (Å²) in [6, 6.07) is 2.04. The largest absolute Gasteiger partial charge is 0.374 e. The molecule has 0 saturated heterocycles. The van der Waals surface area contributed by atoms with Crippen molar-refractivity contribution < 1.29 is 4.74 Å². The van der Waals surface area contributed by atoms with Crippen LogP contribution in [-0.2, 0) is 4.74 Å². The number of rotatable bonds is 4. The quantitative estimate of drug-likeness (QED) is 0.602. The molecule has 1 aromatic rings. The predicted molar refractivity (Wildman–Crippen MR) is 64.7 cm³/mol. The molecule has 0 aliphatic heterocycles. The molecular weight excluding hydrogens is 202 g/mol. The van der Waals surface area contributed by atoms with Crippen molar-refractivity contribution in [1.29, 1.82) is 0 Å². The van der Waals surface area contributed by atoms with E-state index < -0.39 is 0 Å². The summed E-state index contributed by atoms with van der Waals surface area (Å²) in [4.78, 5) is 4.15. The molecule has 0 fully saturated rings. The highest BCUT2D eigenvalue weighted by Crippen LogP contribution is 2.16. The molecule has 0 spiro atoms. The van der Waals surface area contributed by atoms with Crippen molar-refractivity contribution in [3.8, 4) is 0 Å². The molecule has 0 amide bonds. The Morgan fingerprint density at radius 2 is 2.12 bits per heavy atom. The summed E-state index contributed by atoms with van der Waals surface area (Å²) < 4.78 is 5.71. The molecular formula is C12H21N3O. The summed E-state index contributed by atoms with van der Waals surface area (Å²) in [5.41, 5.74) is 4.76. The molecule has 0 aromatic carbocycles. The molecule has 0 radical (unpaired) electrons. The molecule has 1 heterocycles. The topological polar surface area (TPSA) is 60.2 Å². The fourth-order valence-electron chi connectivity index (χ4n) is 1.34. The van der Waals surface area contributed by atoms with Gasteiger partial charge in [-0.15, -0.1) is 0 Å². The highest BCUT2D eigenvalue weighted by Gasteiger charge is 2.16. The normalized spacial score (nSPS) is 13.8. The van der Waals surface area contributed by atoms with Gasteiger partial charge in [0.2, 0.25) is 0 Å². The molecule has 0 aliphatic carbocycles. The number of hydrazine groups is 1. The van der Waals surface area contributed by atoms with Crippen molar-refractivity contribution in [1.82, 2.24) is 10.4 Å². The third kappa shape index (κ3) is 4.26. The highest BCUT2D eigenvalue weighted by atomic mass is 16.5. The van der Waals surface area contributed by atoms with Gasteiger partial charge in [-0.05, 0) is 38.8 Å². The Morgan fingerprint density at radius 1 is 1.44 bits per heavy atom. The zero-order valence-electron chi connectivity index (χ0n) is 10.4.